The lowest BCUT2D eigenvalue weighted by atomic mass is 10.1. The van der Waals surface area contributed by atoms with Gasteiger partial charge in [0.05, 0.1) is 7.11 Å². The van der Waals surface area contributed by atoms with Crippen molar-refractivity contribution in [3.63, 3.8) is 0 Å². The second-order valence-corrected chi connectivity index (χ2v) is 8.01. The molecule has 0 radical (unpaired) electrons. The van der Waals surface area contributed by atoms with Crippen molar-refractivity contribution in [2.24, 2.45) is 0 Å². The average molecular weight is 390 g/mol. The molecule has 7 nitrogen and oxygen atoms in total. The molecule has 2 fully saturated rings. The van der Waals surface area contributed by atoms with E-state index in [-0.39, 0.29) is 41.0 Å². The van der Waals surface area contributed by atoms with E-state index in [1.165, 1.54) is 19.2 Å². The Morgan fingerprint density at radius 1 is 1.32 bits per heavy atom. The molecule has 1 saturated heterocycles. The number of methoxy groups -OCH3 is 1. The van der Waals surface area contributed by atoms with Gasteiger partial charge in [0.25, 0.3) is 5.91 Å². The van der Waals surface area contributed by atoms with Crippen LogP contribution in [0.4, 0.5) is 0 Å². The quantitative estimate of drug-likeness (QED) is 0.757. The standard InChI is InChI=1S/C16H23N3O4S.ClH/c1-19(13-7-8-17-10-13)16(20)11-3-6-14(23-2)15(9-11)24(21,22)18-12-4-5-12;/h3,6,9,12-13,17-18H,4-5,7-8,10H2,1-2H3;1H. The predicted octanol–water partition coefficient (Wildman–Crippen LogP) is 0.992. The zero-order chi connectivity index (χ0) is 17.3. The summed E-state index contributed by atoms with van der Waals surface area (Å²) in [6.07, 6.45) is 2.59. The van der Waals surface area contributed by atoms with E-state index in [4.69, 9.17) is 4.74 Å². The molecule has 1 amide bonds. The van der Waals surface area contributed by atoms with Crippen LogP contribution in [0.1, 0.15) is 29.6 Å². The summed E-state index contributed by atoms with van der Waals surface area (Å²) in [6.45, 7) is 1.64. The van der Waals surface area contributed by atoms with E-state index < -0.39 is 10.0 Å². The second kappa shape index (κ2) is 7.90. The van der Waals surface area contributed by atoms with Crippen LogP contribution in [0.15, 0.2) is 23.1 Å². The zero-order valence-corrected chi connectivity index (χ0v) is 16.0. The maximum Gasteiger partial charge on any atom is 0.253 e. The molecule has 1 saturated carbocycles. The summed E-state index contributed by atoms with van der Waals surface area (Å²) in [5.74, 6) is 0.0547. The molecule has 1 aromatic rings. The van der Waals surface area contributed by atoms with Crippen molar-refractivity contribution in [2.75, 3.05) is 27.2 Å². The van der Waals surface area contributed by atoms with Crippen LogP contribution in [-0.2, 0) is 10.0 Å². The number of sulfonamides is 1. The predicted molar refractivity (Wildman–Crippen MR) is 97.0 cm³/mol. The van der Waals surface area contributed by atoms with Crippen molar-refractivity contribution in [2.45, 2.75) is 36.2 Å². The summed E-state index contributed by atoms with van der Waals surface area (Å²) in [5, 5.41) is 3.22. The summed E-state index contributed by atoms with van der Waals surface area (Å²) in [6, 6.07) is 4.67. The van der Waals surface area contributed by atoms with E-state index in [2.05, 4.69) is 10.0 Å². The van der Waals surface area contributed by atoms with Gasteiger partial charge in [-0.2, -0.15) is 0 Å². The maximum absolute atomic E-state index is 12.7. The summed E-state index contributed by atoms with van der Waals surface area (Å²) in [7, 11) is -0.528. The van der Waals surface area contributed by atoms with Crippen LogP contribution in [0.2, 0.25) is 0 Å². The van der Waals surface area contributed by atoms with Crippen LogP contribution in [0, 0.1) is 0 Å². The summed E-state index contributed by atoms with van der Waals surface area (Å²) in [4.78, 5) is 14.4. The van der Waals surface area contributed by atoms with Gasteiger partial charge in [-0.25, -0.2) is 13.1 Å². The van der Waals surface area contributed by atoms with Crippen LogP contribution < -0.4 is 14.8 Å². The molecule has 140 valence electrons. The molecular formula is C16H24ClN3O4S. The smallest absolute Gasteiger partial charge is 0.253 e. The van der Waals surface area contributed by atoms with Crippen molar-refractivity contribution in [1.29, 1.82) is 0 Å². The molecular weight excluding hydrogens is 366 g/mol. The van der Waals surface area contributed by atoms with Crippen molar-refractivity contribution >= 4 is 28.3 Å². The molecule has 1 atom stereocenters. The minimum Gasteiger partial charge on any atom is -0.495 e. The lowest BCUT2D eigenvalue weighted by molar-refractivity contribution is 0.0743. The number of rotatable bonds is 6. The topological polar surface area (TPSA) is 87.7 Å². The molecule has 1 heterocycles. The number of halogens is 1. The zero-order valence-electron chi connectivity index (χ0n) is 14.3. The molecule has 0 bridgehead atoms. The first-order valence-electron chi connectivity index (χ1n) is 8.10. The minimum absolute atomic E-state index is 0. The lowest BCUT2D eigenvalue weighted by Gasteiger charge is -2.24. The van der Waals surface area contributed by atoms with Crippen molar-refractivity contribution < 1.29 is 17.9 Å². The van der Waals surface area contributed by atoms with Crippen LogP contribution in [0.25, 0.3) is 0 Å². The van der Waals surface area contributed by atoms with Crippen molar-refractivity contribution in [3.8, 4) is 5.75 Å². The van der Waals surface area contributed by atoms with E-state index in [0.717, 1.165) is 32.4 Å². The number of carbonyl (C=O) groups excluding carboxylic acids is 1. The van der Waals surface area contributed by atoms with Gasteiger partial charge in [-0.05, 0) is 44.0 Å². The van der Waals surface area contributed by atoms with Crippen LogP contribution in [0.3, 0.4) is 0 Å². The van der Waals surface area contributed by atoms with Gasteiger partial charge in [-0.15, -0.1) is 12.4 Å². The number of ether oxygens (including phenoxy) is 1. The monoisotopic (exact) mass is 389 g/mol. The fourth-order valence-corrected chi connectivity index (χ4v) is 4.34. The molecule has 2 aliphatic rings. The van der Waals surface area contributed by atoms with Crippen LogP contribution in [0.5, 0.6) is 5.75 Å². The first kappa shape index (κ1) is 20.0. The first-order chi connectivity index (χ1) is 11.4. The highest BCUT2D eigenvalue weighted by molar-refractivity contribution is 7.89. The molecule has 0 spiro atoms. The minimum atomic E-state index is -3.70. The number of amides is 1. The Bertz CT molecular complexity index is 731. The number of likely N-dealkylation sites (N-methyl/N-ethyl adjacent to an activating group) is 1. The highest BCUT2D eigenvalue weighted by Gasteiger charge is 2.31. The number of benzene rings is 1. The first-order valence-corrected chi connectivity index (χ1v) is 9.59. The fourth-order valence-electron chi connectivity index (χ4n) is 2.84. The van der Waals surface area contributed by atoms with Crippen LogP contribution in [-0.4, -0.2) is 58.6 Å². The highest BCUT2D eigenvalue weighted by Crippen LogP contribution is 2.28. The van der Waals surface area contributed by atoms with Gasteiger partial charge >= 0.3 is 0 Å². The van der Waals surface area contributed by atoms with Gasteiger partial charge in [0.15, 0.2) is 0 Å². The van der Waals surface area contributed by atoms with E-state index in [9.17, 15) is 13.2 Å². The van der Waals surface area contributed by atoms with Gasteiger partial charge in [0.1, 0.15) is 10.6 Å². The largest absolute Gasteiger partial charge is 0.495 e. The van der Waals surface area contributed by atoms with Gasteiger partial charge < -0.3 is 15.0 Å². The molecule has 2 N–H and O–H groups in total. The van der Waals surface area contributed by atoms with E-state index in [1.807, 2.05) is 0 Å². The molecule has 1 unspecified atom stereocenters. The molecule has 25 heavy (non-hydrogen) atoms. The Balaban J connectivity index is 0.00000225. The lowest BCUT2D eigenvalue weighted by Crippen LogP contribution is -2.38. The van der Waals surface area contributed by atoms with Crippen molar-refractivity contribution in [1.82, 2.24) is 14.9 Å². The van der Waals surface area contributed by atoms with Crippen molar-refractivity contribution in [3.05, 3.63) is 23.8 Å². The van der Waals surface area contributed by atoms with E-state index in [0.29, 0.717) is 5.56 Å². The Labute approximate surface area is 154 Å². The molecule has 0 aromatic heterocycles. The van der Waals surface area contributed by atoms with Gasteiger partial charge in [-0.1, -0.05) is 0 Å². The molecule has 1 aliphatic heterocycles. The maximum atomic E-state index is 12.7. The SMILES string of the molecule is COc1ccc(C(=O)N(C)C2CCNC2)cc1S(=O)(=O)NC1CC1.Cl. The number of nitrogens with one attached hydrogen (secondary N) is 2. The van der Waals surface area contributed by atoms with Gasteiger partial charge in [0, 0.05) is 31.2 Å². The number of nitrogens with zero attached hydrogens (tertiary/aromatic N) is 1. The average Bonchev–Trinajstić information content (AvgIpc) is 3.20. The van der Waals surface area contributed by atoms with E-state index >= 15 is 0 Å². The third-order valence-corrected chi connectivity index (χ3v) is 6.04. The Hall–Kier alpha value is -1.35. The Morgan fingerprint density at radius 3 is 2.60 bits per heavy atom. The number of carbonyl (C=O) groups is 1. The van der Waals surface area contributed by atoms with Gasteiger partial charge in [-0.3, -0.25) is 4.79 Å². The Kier molecular flexibility index (Phi) is 6.31. The molecule has 3 rings (SSSR count). The van der Waals surface area contributed by atoms with E-state index in [1.54, 1.807) is 18.0 Å². The summed E-state index contributed by atoms with van der Waals surface area (Å²) >= 11 is 0. The Morgan fingerprint density at radius 2 is 2.04 bits per heavy atom. The molecule has 9 heteroatoms. The third kappa shape index (κ3) is 4.44. The number of hydrogen-bond acceptors (Lipinski definition) is 5. The third-order valence-electron chi connectivity index (χ3n) is 4.50. The fraction of sp³-hybridized carbons (Fsp3) is 0.562. The molecule has 1 aliphatic carbocycles. The van der Waals surface area contributed by atoms with Crippen LogP contribution >= 0.6 is 12.4 Å². The molecule has 1 aromatic carbocycles. The second-order valence-electron chi connectivity index (χ2n) is 6.32. The number of hydrogen-bond donors (Lipinski definition) is 2. The normalized spacial score (nSPS) is 20.0. The van der Waals surface area contributed by atoms with Gasteiger partial charge in [0.2, 0.25) is 10.0 Å². The summed E-state index contributed by atoms with van der Waals surface area (Å²) in [5.41, 5.74) is 0.348. The summed E-state index contributed by atoms with van der Waals surface area (Å²) < 4.78 is 32.9. The highest BCUT2D eigenvalue weighted by atomic mass is 35.5.